The molecule has 0 bridgehead atoms. The fourth-order valence-electron chi connectivity index (χ4n) is 1.34. The van der Waals surface area contributed by atoms with E-state index in [0.717, 1.165) is 6.07 Å². The second-order valence-electron chi connectivity index (χ2n) is 3.72. The van der Waals surface area contributed by atoms with E-state index in [-0.39, 0.29) is 23.8 Å². The number of nitrogens with one attached hydrogen (secondary N) is 2. The Kier molecular flexibility index (Phi) is 9.52. The van der Waals surface area contributed by atoms with Crippen molar-refractivity contribution in [1.82, 2.24) is 10.0 Å². The van der Waals surface area contributed by atoms with E-state index < -0.39 is 15.8 Å². The number of rotatable bonds is 8. The van der Waals surface area contributed by atoms with Crippen molar-refractivity contribution in [1.29, 1.82) is 0 Å². The molecule has 0 unspecified atom stereocenters. The number of ether oxygens (including phenoxy) is 1. The first-order valence-corrected chi connectivity index (χ1v) is 7.89. The van der Waals surface area contributed by atoms with Crippen LogP contribution in [0.4, 0.5) is 4.39 Å². The number of halogens is 3. The van der Waals surface area contributed by atoms with Gasteiger partial charge in [0.05, 0.1) is 6.61 Å². The van der Waals surface area contributed by atoms with Crippen molar-refractivity contribution in [3.05, 3.63) is 28.5 Å². The van der Waals surface area contributed by atoms with Crippen LogP contribution in [0.2, 0.25) is 0 Å². The first kappa shape index (κ1) is 19.8. The Morgan fingerprint density at radius 1 is 1.30 bits per heavy atom. The molecular weight excluding hydrogens is 375 g/mol. The second-order valence-corrected chi connectivity index (χ2v) is 6.37. The van der Waals surface area contributed by atoms with Gasteiger partial charge in [0.25, 0.3) is 0 Å². The summed E-state index contributed by atoms with van der Waals surface area (Å²) in [4.78, 5) is -0.354. The molecule has 0 aromatic heterocycles. The van der Waals surface area contributed by atoms with Crippen LogP contribution < -0.4 is 10.0 Å². The summed E-state index contributed by atoms with van der Waals surface area (Å²) in [5, 5.41) is 2.98. The van der Waals surface area contributed by atoms with E-state index in [4.69, 9.17) is 4.74 Å². The third-order valence-electron chi connectivity index (χ3n) is 2.26. The van der Waals surface area contributed by atoms with E-state index in [1.54, 1.807) is 7.11 Å². The van der Waals surface area contributed by atoms with Crippen molar-refractivity contribution in [3.63, 3.8) is 0 Å². The normalized spacial score (nSPS) is 11.2. The number of methoxy groups -OCH3 is 1. The molecule has 2 N–H and O–H groups in total. The summed E-state index contributed by atoms with van der Waals surface area (Å²) in [6.07, 6.45) is 0. The van der Waals surface area contributed by atoms with E-state index in [0.29, 0.717) is 24.2 Å². The highest BCUT2D eigenvalue weighted by Gasteiger charge is 2.18. The van der Waals surface area contributed by atoms with Gasteiger partial charge < -0.3 is 10.1 Å². The van der Waals surface area contributed by atoms with Crippen LogP contribution in [-0.2, 0) is 14.8 Å². The molecule has 5 nitrogen and oxygen atoms in total. The van der Waals surface area contributed by atoms with Gasteiger partial charge >= 0.3 is 0 Å². The zero-order valence-corrected chi connectivity index (χ0v) is 14.1. The Morgan fingerprint density at radius 2 is 2.00 bits per heavy atom. The monoisotopic (exact) mass is 390 g/mol. The van der Waals surface area contributed by atoms with Crippen molar-refractivity contribution in [3.8, 4) is 0 Å². The van der Waals surface area contributed by atoms with Gasteiger partial charge in [-0.1, -0.05) is 15.9 Å². The molecule has 1 rings (SSSR count). The second kappa shape index (κ2) is 9.64. The first-order chi connectivity index (χ1) is 8.97. The average molecular weight is 392 g/mol. The maximum atomic E-state index is 13.5. The highest BCUT2D eigenvalue weighted by Crippen LogP contribution is 2.18. The van der Waals surface area contributed by atoms with Gasteiger partial charge in [-0.05, 0) is 18.2 Å². The lowest BCUT2D eigenvalue weighted by molar-refractivity contribution is 0.199. The van der Waals surface area contributed by atoms with E-state index in [9.17, 15) is 12.8 Å². The topological polar surface area (TPSA) is 67.4 Å². The molecule has 9 heteroatoms. The third-order valence-corrected chi connectivity index (χ3v) is 4.25. The minimum atomic E-state index is -3.82. The van der Waals surface area contributed by atoms with Gasteiger partial charge in [-0.3, -0.25) is 0 Å². The molecular formula is C11H17BrClFN2O3S. The maximum Gasteiger partial charge on any atom is 0.243 e. The van der Waals surface area contributed by atoms with Gasteiger partial charge in [-0.25, -0.2) is 17.5 Å². The van der Waals surface area contributed by atoms with E-state index >= 15 is 0 Å². The molecule has 0 radical (unpaired) electrons. The average Bonchev–Trinajstić information content (AvgIpc) is 2.33. The standard InChI is InChI=1S/C11H16BrFN2O3S.ClH/c1-18-7-6-14-4-5-15-19(16,17)11-3-2-9(12)8-10(11)13;/h2-3,8,14-15H,4-7H2,1H3;1H. The molecule has 0 atom stereocenters. The fraction of sp³-hybridized carbons (Fsp3) is 0.455. The van der Waals surface area contributed by atoms with E-state index in [1.807, 2.05) is 0 Å². The van der Waals surface area contributed by atoms with Crippen molar-refractivity contribution in [2.45, 2.75) is 4.90 Å². The zero-order valence-electron chi connectivity index (χ0n) is 10.9. The Morgan fingerprint density at radius 3 is 2.60 bits per heavy atom. The summed E-state index contributed by atoms with van der Waals surface area (Å²) in [5.41, 5.74) is 0. The van der Waals surface area contributed by atoms with Crippen molar-refractivity contribution >= 4 is 38.4 Å². The molecule has 116 valence electrons. The lowest BCUT2D eigenvalue weighted by atomic mass is 10.3. The lowest BCUT2D eigenvalue weighted by Crippen LogP contribution is -2.33. The van der Waals surface area contributed by atoms with Gasteiger partial charge in [0.2, 0.25) is 10.0 Å². The smallest absolute Gasteiger partial charge is 0.243 e. The summed E-state index contributed by atoms with van der Waals surface area (Å²) in [6, 6.07) is 3.82. The quantitative estimate of drug-likeness (QED) is 0.660. The van der Waals surface area contributed by atoms with Crippen LogP contribution in [0.3, 0.4) is 0 Å². The minimum absolute atomic E-state index is 0. The molecule has 0 aliphatic carbocycles. The SMILES string of the molecule is COCCNCCNS(=O)(=O)c1ccc(Br)cc1F.Cl. The summed E-state index contributed by atoms with van der Waals surface area (Å²) in [5.74, 6) is -0.783. The molecule has 0 spiro atoms. The molecule has 1 aromatic rings. The molecule has 1 aromatic carbocycles. The van der Waals surface area contributed by atoms with Gasteiger partial charge in [0, 0.05) is 31.2 Å². The predicted molar refractivity (Wildman–Crippen MR) is 81.3 cm³/mol. The minimum Gasteiger partial charge on any atom is -0.383 e. The van der Waals surface area contributed by atoms with Crippen LogP contribution in [-0.4, -0.2) is 41.8 Å². The van der Waals surface area contributed by atoms with Crippen LogP contribution >= 0.6 is 28.3 Å². The Balaban J connectivity index is 0.00000361. The highest BCUT2D eigenvalue weighted by molar-refractivity contribution is 9.10. The van der Waals surface area contributed by atoms with Crippen LogP contribution in [0.1, 0.15) is 0 Å². The third kappa shape index (κ3) is 6.47. The molecule has 0 saturated heterocycles. The highest BCUT2D eigenvalue weighted by atomic mass is 79.9. The molecule has 0 aliphatic rings. The maximum absolute atomic E-state index is 13.5. The van der Waals surface area contributed by atoms with Gasteiger partial charge in [0.1, 0.15) is 10.7 Å². The first-order valence-electron chi connectivity index (χ1n) is 5.62. The summed E-state index contributed by atoms with van der Waals surface area (Å²) >= 11 is 3.07. The Hall–Kier alpha value is -0.250. The lowest BCUT2D eigenvalue weighted by Gasteiger charge is -2.08. The summed E-state index contributed by atoms with van der Waals surface area (Å²) < 4.78 is 44.9. The number of benzene rings is 1. The molecule has 0 amide bonds. The molecule has 0 aliphatic heterocycles. The largest absolute Gasteiger partial charge is 0.383 e. The molecule has 20 heavy (non-hydrogen) atoms. The molecule has 0 heterocycles. The van der Waals surface area contributed by atoms with Crippen LogP contribution in [0.5, 0.6) is 0 Å². The fourth-order valence-corrected chi connectivity index (χ4v) is 2.77. The molecule has 0 saturated carbocycles. The summed E-state index contributed by atoms with van der Waals surface area (Å²) in [7, 11) is -2.23. The predicted octanol–water partition coefficient (Wildman–Crippen LogP) is 1.52. The molecule has 0 fully saturated rings. The van der Waals surface area contributed by atoms with Gasteiger partial charge in [-0.2, -0.15) is 0 Å². The van der Waals surface area contributed by atoms with E-state index in [1.165, 1.54) is 12.1 Å². The van der Waals surface area contributed by atoms with Gasteiger partial charge in [-0.15, -0.1) is 12.4 Å². The number of hydrogen-bond donors (Lipinski definition) is 2. The van der Waals surface area contributed by atoms with Crippen molar-refractivity contribution in [2.75, 3.05) is 33.4 Å². The Bertz CT molecular complexity index is 516. The van der Waals surface area contributed by atoms with E-state index in [2.05, 4.69) is 26.0 Å². The number of hydrogen-bond acceptors (Lipinski definition) is 4. The van der Waals surface area contributed by atoms with Crippen LogP contribution in [0, 0.1) is 5.82 Å². The van der Waals surface area contributed by atoms with Gasteiger partial charge in [0.15, 0.2) is 0 Å². The van der Waals surface area contributed by atoms with Crippen molar-refractivity contribution in [2.24, 2.45) is 0 Å². The van der Waals surface area contributed by atoms with Crippen LogP contribution in [0.25, 0.3) is 0 Å². The zero-order chi connectivity index (χ0) is 14.3. The summed E-state index contributed by atoms with van der Waals surface area (Å²) in [6.45, 7) is 1.81. The van der Waals surface area contributed by atoms with Crippen molar-refractivity contribution < 1.29 is 17.5 Å². The Labute approximate surface area is 132 Å². The van der Waals surface area contributed by atoms with Crippen LogP contribution in [0.15, 0.2) is 27.6 Å². The number of sulfonamides is 1.